The topological polar surface area (TPSA) is 94.2 Å². The van der Waals surface area contributed by atoms with Gasteiger partial charge in [-0.05, 0) is 43.3 Å². The molecule has 9 heteroatoms. The molecule has 156 valence electrons. The lowest BCUT2D eigenvalue weighted by molar-refractivity contribution is -0.163. The van der Waals surface area contributed by atoms with Crippen LogP contribution in [-0.2, 0) is 14.4 Å². The van der Waals surface area contributed by atoms with Crippen LogP contribution in [0.5, 0.6) is 5.75 Å². The molecule has 3 amide bonds. The summed E-state index contributed by atoms with van der Waals surface area (Å²) in [6.07, 6.45) is -0.518. The van der Waals surface area contributed by atoms with Crippen LogP contribution in [0.1, 0.15) is 6.92 Å². The van der Waals surface area contributed by atoms with Gasteiger partial charge < -0.3 is 15.0 Å². The number of nitrogens with zero attached hydrogens (tertiary/aromatic N) is 3. The number of carbonyl (C=O) groups is 3. The number of fused-ring (bicyclic) bond motifs is 1. The number of amides is 3. The van der Waals surface area contributed by atoms with Crippen LogP contribution in [0.15, 0.2) is 54.6 Å². The van der Waals surface area contributed by atoms with Gasteiger partial charge in [0.25, 0.3) is 0 Å². The van der Waals surface area contributed by atoms with Gasteiger partial charge in [-0.25, -0.2) is 0 Å². The second-order valence-corrected chi connectivity index (χ2v) is 6.93. The third-order valence-electron chi connectivity index (χ3n) is 4.97. The molecule has 2 fully saturated rings. The van der Waals surface area contributed by atoms with E-state index >= 15 is 0 Å². The van der Waals surface area contributed by atoms with E-state index in [-0.39, 0.29) is 6.54 Å². The summed E-state index contributed by atoms with van der Waals surface area (Å²) in [4.78, 5) is 41.0. The van der Waals surface area contributed by atoms with E-state index in [1.807, 2.05) is 42.2 Å². The summed E-state index contributed by atoms with van der Waals surface area (Å²) in [7, 11) is 0. The quantitative estimate of drug-likeness (QED) is 0.692. The summed E-state index contributed by atoms with van der Waals surface area (Å²) < 4.78 is 5.38. The van der Waals surface area contributed by atoms with E-state index in [1.165, 1.54) is 4.90 Å². The van der Waals surface area contributed by atoms with E-state index in [4.69, 9.17) is 4.74 Å². The van der Waals surface area contributed by atoms with Crippen LogP contribution < -0.4 is 20.4 Å². The van der Waals surface area contributed by atoms with Crippen molar-refractivity contribution in [3.8, 4) is 5.75 Å². The van der Waals surface area contributed by atoms with Gasteiger partial charge in [0, 0.05) is 24.5 Å². The molecule has 4 rings (SSSR count). The van der Waals surface area contributed by atoms with Crippen LogP contribution in [0, 0.1) is 0 Å². The zero-order valence-corrected chi connectivity index (χ0v) is 16.6. The maximum absolute atomic E-state index is 12.6. The lowest BCUT2D eigenvalue weighted by atomic mass is 10.3. The van der Waals surface area contributed by atoms with E-state index in [0.29, 0.717) is 31.1 Å². The third kappa shape index (κ3) is 3.92. The summed E-state index contributed by atoms with van der Waals surface area (Å²) in [5.41, 5.74) is 4.53. The summed E-state index contributed by atoms with van der Waals surface area (Å²) in [6, 6.07) is 16.6. The van der Waals surface area contributed by atoms with Crippen LogP contribution in [0.4, 0.5) is 11.4 Å². The number of carbonyl (C=O) groups excluding carboxylic acids is 3. The molecule has 30 heavy (non-hydrogen) atoms. The maximum Gasteiger partial charge on any atom is 0.326 e. The zero-order chi connectivity index (χ0) is 21.1. The van der Waals surface area contributed by atoms with E-state index in [2.05, 4.69) is 10.7 Å². The summed E-state index contributed by atoms with van der Waals surface area (Å²) in [6.45, 7) is 3.19. The molecule has 0 aromatic heterocycles. The Hall–Kier alpha value is -3.59. The van der Waals surface area contributed by atoms with Gasteiger partial charge in [-0.15, -0.1) is 0 Å². The molecule has 2 aromatic rings. The molecule has 1 atom stereocenters. The lowest BCUT2D eigenvalue weighted by Gasteiger charge is -2.40. The molecule has 2 N–H and O–H groups in total. The van der Waals surface area contributed by atoms with E-state index in [1.54, 1.807) is 24.3 Å². The molecule has 2 saturated heterocycles. The molecule has 0 aliphatic carbocycles. The molecule has 2 aliphatic rings. The second-order valence-electron chi connectivity index (χ2n) is 6.93. The highest BCUT2D eigenvalue weighted by Gasteiger charge is 2.45. The Kier molecular flexibility index (Phi) is 5.53. The highest BCUT2D eigenvalue weighted by atomic mass is 16.5. The van der Waals surface area contributed by atoms with Gasteiger partial charge in [0.1, 0.15) is 12.3 Å². The standard InChI is InChI=1S/C21H23N5O4/c1-2-30-17-10-8-15(9-11-17)22-18(27)14-26-20(29)19(28)25-13-12-24(21(25)23-26)16-6-4-3-5-7-16/h3-11,21,23H,2,12-14H2,1H3,(H,22,27). The van der Waals surface area contributed by atoms with Gasteiger partial charge >= 0.3 is 11.8 Å². The Morgan fingerprint density at radius 2 is 1.73 bits per heavy atom. The Morgan fingerprint density at radius 1 is 1.03 bits per heavy atom. The van der Waals surface area contributed by atoms with Crippen molar-refractivity contribution in [3.05, 3.63) is 54.6 Å². The number of anilines is 2. The minimum atomic E-state index is -0.747. The summed E-state index contributed by atoms with van der Waals surface area (Å²) in [5.74, 6) is -1.07. The molecule has 2 aliphatic heterocycles. The smallest absolute Gasteiger partial charge is 0.326 e. The average Bonchev–Trinajstić information content (AvgIpc) is 3.18. The minimum Gasteiger partial charge on any atom is -0.494 e. The second kappa shape index (κ2) is 8.42. The number of ether oxygens (including phenoxy) is 1. The van der Waals surface area contributed by atoms with Gasteiger partial charge in [-0.1, -0.05) is 18.2 Å². The molecular weight excluding hydrogens is 386 g/mol. The minimum absolute atomic E-state index is 0.287. The van der Waals surface area contributed by atoms with Gasteiger partial charge in [0.2, 0.25) is 5.91 Å². The maximum atomic E-state index is 12.6. The van der Waals surface area contributed by atoms with E-state index < -0.39 is 24.0 Å². The zero-order valence-electron chi connectivity index (χ0n) is 16.6. The van der Waals surface area contributed by atoms with Crippen LogP contribution in [0.2, 0.25) is 0 Å². The predicted molar refractivity (Wildman–Crippen MR) is 110 cm³/mol. The van der Waals surface area contributed by atoms with Crippen molar-refractivity contribution in [1.82, 2.24) is 15.3 Å². The predicted octanol–water partition coefficient (Wildman–Crippen LogP) is 1.00. The first-order chi connectivity index (χ1) is 14.6. The van der Waals surface area contributed by atoms with Crippen molar-refractivity contribution in [3.63, 3.8) is 0 Å². The molecular formula is C21H23N5O4. The van der Waals surface area contributed by atoms with Crippen molar-refractivity contribution in [2.75, 3.05) is 36.5 Å². The van der Waals surface area contributed by atoms with Crippen LogP contribution in [0.3, 0.4) is 0 Å². The number of rotatable bonds is 6. The van der Waals surface area contributed by atoms with E-state index in [9.17, 15) is 14.4 Å². The molecule has 0 bridgehead atoms. The fourth-order valence-corrected chi connectivity index (χ4v) is 3.57. The van der Waals surface area contributed by atoms with Crippen LogP contribution in [0.25, 0.3) is 0 Å². The van der Waals surface area contributed by atoms with Gasteiger partial charge in [-0.3, -0.25) is 24.3 Å². The van der Waals surface area contributed by atoms with Crippen molar-refractivity contribution < 1.29 is 19.1 Å². The third-order valence-corrected chi connectivity index (χ3v) is 4.97. The number of hydrogen-bond donors (Lipinski definition) is 2. The van der Waals surface area contributed by atoms with Crippen molar-refractivity contribution >= 4 is 29.1 Å². The summed E-state index contributed by atoms with van der Waals surface area (Å²) >= 11 is 0. The lowest BCUT2D eigenvalue weighted by Crippen LogP contribution is -2.68. The Bertz CT molecular complexity index is 934. The van der Waals surface area contributed by atoms with Crippen LogP contribution in [-0.4, -0.2) is 60.2 Å². The fraction of sp³-hybridized carbons (Fsp3) is 0.286. The monoisotopic (exact) mass is 409 g/mol. The number of para-hydroxylation sites is 1. The highest BCUT2D eigenvalue weighted by Crippen LogP contribution is 2.24. The average molecular weight is 409 g/mol. The highest BCUT2D eigenvalue weighted by molar-refractivity contribution is 6.35. The summed E-state index contributed by atoms with van der Waals surface area (Å²) in [5, 5.41) is 3.81. The van der Waals surface area contributed by atoms with Gasteiger partial charge in [-0.2, -0.15) is 5.43 Å². The molecule has 0 radical (unpaired) electrons. The molecule has 1 unspecified atom stereocenters. The molecule has 0 saturated carbocycles. The molecule has 9 nitrogen and oxygen atoms in total. The van der Waals surface area contributed by atoms with Crippen molar-refractivity contribution in [2.45, 2.75) is 13.2 Å². The largest absolute Gasteiger partial charge is 0.494 e. The van der Waals surface area contributed by atoms with Gasteiger partial charge in [0.05, 0.1) is 6.61 Å². The first-order valence-electron chi connectivity index (χ1n) is 9.80. The van der Waals surface area contributed by atoms with Crippen molar-refractivity contribution in [2.24, 2.45) is 0 Å². The number of nitrogens with one attached hydrogen (secondary N) is 2. The number of hydrazine groups is 1. The Morgan fingerprint density at radius 3 is 2.43 bits per heavy atom. The number of hydrogen-bond acceptors (Lipinski definition) is 6. The molecule has 2 heterocycles. The Balaban J connectivity index is 1.42. The SMILES string of the molecule is CCOc1ccc(NC(=O)CN2NC3N(CCN3c3ccccc3)C(=O)C2=O)cc1. The first kappa shape index (κ1) is 19.7. The molecule has 2 aromatic carbocycles. The molecule has 0 spiro atoms. The number of benzene rings is 2. The van der Waals surface area contributed by atoms with Gasteiger partial charge in [0.15, 0.2) is 6.29 Å². The van der Waals surface area contributed by atoms with Crippen molar-refractivity contribution in [1.29, 1.82) is 0 Å². The fourth-order valence-electron chi connectivity index (χ4n) is 3.57. The Labute approximate surface area is 174 Å². The normalized spacial score (nSPS) is 18.4. The van der Waals surface area contributed by atoms with Crippen LogP contribution >= 0.6 is 0 Å². The van der Waals surface area contributed by atoms with E-state index in [0.717, 1.165) is 10.7 Å². The first-order valence-corrected chi connectivity index (χ1v) is 9.80.